The van der Waals surface area contributed by atoms with E-state index in [4.69, 9.17) is 4.98 Å². The molecule has 0 atom stereocenters. The predicted octanol–water partition coefficient (Wildman–Crippen LogP) is 4.45. The molecule has 0 amide bonds. The minimum atomic E-state index is 0.0419. The van der Waals surface area contributed by atoms with Crippen molar-refractivity contribution in [2.45, 2.75) is 72.1 Å². The van der Waals surface area contributed by atoms with Crippen molar-refractivity contribution in [3.8, 4) is 0 Å². The first-order valence-corrected chi connectivity index (χ1v) is 7.41. The number of hydrogen-bond donors (Lipinski definition) is 0. The third kappa shape index (κ3) is 2.58. The first kappa shape index (κ1) is 15.0. The zero-order valence-corrected chi connectivity index (χ0v) is 14.1. The van der Waals surface area contributed by atoms with Crippen molar-refractivity contribution in [2.75, 3.05) is 0 Å². The van der Waals surface area contributed by atoms with Gasteiger partial charge in [0.15, 0.2) is 5.65 Å². The predicted molar refractivity (Wildman–Crippen MR) is 84.5 cm³/mol. The van der Waals surface area contributed by atoms with Crippen molar-refractivity contribution in [1.29, 1.82) is 0 Å². The maximum absolute atomic E-state index is 4.90. The molecular formula is C17H27N3. The van der Waals surface area contributed by atoms with Gasteiger partial charge in [-0.25, -0.2) is 9.50 Å². The molecule has 0 aromatic carbocycles. The average molecular weight is 273 g/mol. The van der Waals surface area contributed by atoms with Crippen molar-refractivity contribution >= 4 is 5.65 Å². The molecule has 0 saturated carbocycles. The molecule has 0 aliphatic carbocycles. The summed E-state index contributed by atoms with van der Waals surface area (Å²) in [5.41, 5.74) is 4.68. The fourth-order valence-corrected chi connectivity index (χ4v) is 2.31. The highest BCUT2D eigenvalue weighted by Gasteiger charge is 2.25. The summed E-state index contributed by atoms with van der Waals surface area (Å²) in [6, 6.07) is 2.21. The highest BCUT2D eigenvalue weighted by molar-refractivity contribution is 5.51. The molecule has 2 heterocycles. The Morgan fingerprint density at radius 1 is 1.00 bits per heavy atom. The van der Waals surface area contributed by atoms with Gasteiger partial charge in [-0.1, -0.05) is 55.4 Å². The van der Waals surface area contributed by atoms with Gasteiger partial charge in [0.1, 0.15) is 0 Å². The molecule has 0 aliphatic rings. The molecule has 0 N–H and O–H groups in total. The Hall–Kier alpha value is -1.38. The smallest absolute Gasteiger partial charge is 0.158 e. The lowest BCUT2D eigenvalue weighted by Crippen LogP contribution is -2.22. The molecule has 20 heavy (non-hydrogen) atoms. The number of rotatable bonds is 1. The zero-order valence-electron chi connectivity index (χ0n) is 14.1. The first-order chi connectivity index (χ1) is 9.01. The number of fused-ring (bicyclic) bond motifs is 1. The van der Waals surface area contributed by atoms with E-state index in [0.29, 0.717) is 5.92 Å². The highest BCUT2D eigenvalue weighted by Crippen LogP contribution is 2.30. The largest absolute Gasteiger partial charge is 0.233 e. The molecule has 0 saturated heterocycles. The maximum atomic E-state index is 4.90. The van der Waals surface area contributed by atoms with Crippen LogP contribution in [0.4, 0.5) is 0 Å². The fourth-order valence-electron chi connectivity index (χ4n) is 2.31. The van der Waals surface area contributed by atoms with E-state index in [1.165, 1.54) is 11.3 Å². The van der Waals surface area contributed by atoms with Gasteiger partial charge in [-0.3, -0.25) is 0 Å². The number of hydrogen-bond acceptors (Lipinski definition) is 2. The molecule has 0 bridgehead atoms. The third-order valence-electron chi connectivity index (χ3n) is 3.66. The van der Waals surface area contributed by atoms with Crippen molar-refractivity contribution in [2.24, 2.45) is 0 Å². The monoisotopic (exact) mass is 273 g/mol. The second kappa shape index (κ2) is 4.57. The summed E-state index contributed by atoms with van der Waals surface area (Å²) in [6.45, 7) is 17.7. The topological polar surface area (TPSA) is 30.2 Å². The van der Waals surface area contributed by atoms with Crippen LogP contribution in [-0.2, 0) is 10.8 Å². The van der Waals surface area contributed by atoms with Gasteiger partial charge in [0, 0.05) is 16.4 Å². The molecule has 0 spiro atoms. The van der Waals surface area contributed by atoms with Gasteiger partial charge >= 0.3 is 0 Å². The normalized spacial score (nSPS) is 13.4. The highest BCUT2D eigenvalue weighted by atomic mass is 15.3. The number of nitrogens with zero attached hydrogens (tertiary/aromatic N) is 3. The minimum Gasteiger partial charge on any atom is -0.233 e. The van der Waals surface area contributed by atoms with Gasteiger partial charge in [-0.2, -0.15) is 5.10 Å². The van der Waals surface area contributed by atoms with Gasteiger partial charge in [-0.05, 0) is 12.0 Å². The molecule has 0 unspecified atom stereocenters. The molecule has 0 radical (unpaired) electrons. The summed E-state index contributed by atoms with van der Waals surface area (Å²) < 4.78 is 2.02. The summed E-state index contributed by atoms with van der Waals surface area (Å²) in [5, 5.41) is 4.58. The Balaban J connectivity index is 2.84. The van der Waals surface area contributed by atoms with Gasteiger partial charge < -0.3 is 0 Å². The van der Waals surface area contributed by atoms with Crippen LogP contribution in [0.5, 0.6) is 0 Å². The molecule has 0 aliphatic heterocycles. The Bertz CT molecular complexity index is 622. The van der Waals surface area contributed by atoms with Gasteiger partial charge in [0.25, 0.3) is 0 Å². The Morgan fingerprint density at radius 3 is 2.05 bits per heavy atom. The summed E-state index contributed by atoms with van der Waals surface area (Å²) in [7, 11) is 0. The Kier molecular flexibility index (Phi) is 3.43. The summed E-state index contributed by atoms with van der Waals surface area (Å²) >= 11 is 0. The SMILES string of the molecule is CC(C)c1cnn2c(C(C)(C)C)cc(C(C)(C)C)nc12. The van der Waals surface area contributed by atoms with Gasteiger partial charge in [0.05, 0.1) is 17.6 Å². The summed E-state index contributed by atoms with van der Waals surface area (Å²) in [6.07, 6.45) is 1.97. The zero-order chi connectivity index (χ0) is 15.3. The fraction of sp³-hybridized carbons (Fsp3) is 0.647. The standard InChI is InChI=1S/C17H27N3/c1-11(2)12-10-18-20-14(17(6,7)8)9-13(16(3,4)5)19-15(12)20/h9-11H,1-8H3. The molecule has 110 valence electrons. The van der Waals surface area contributed by atoms with Crippen LogP contribution < -0.4 is 0 Å². The van der Waals surface area contributed by atoms with E-state index < -0.39 is 0 Å². The van der Waals surface area contributed by atoms with Crippen LogP contribution in [-0.4, -0.2) is 14.6 Å². The van der Waals surface area contributed by atoms with E-state index in [1.807, 2.05) is 10.7 Å². The quantitative estimate of drug-likeness (QED) is 0.768. The molecule has 0 fully saturated rings. The Labute approximate surface area is 122 Å². The van der Waals surface area contributed by atoms with Crippen LogP contribution in [0.3, 0.4) is 0 Å². The molecule has 2 rings (SSSR count). The average Bonchev–Trinajstić information content (AvgIpc) is 2.68. The third-order valence-corrected chi connectivity index (χ3v) is 3.66. The first-order valence-electron chi connectivity index (χ1n) is 7.41. The minimum absolute atomic E-state index is 0.0419. The van der Waals surface area contributed by atoms with Crippen LogP contribution in [0.2, 0.25) is 0 Å². The summed E-state index contributed by atoms with van der Waals surface area (Å²) in [4.78, 5) is 4.90. The van der Waals surface area contributed by atoms with E-state index in [0.717, 1.165) is 11.3 Å². The maximum Gasteiger partial charge on any atom is 0.158 e. The lowest BCUT2D eigenvalue weighted by Gasteiger charge is -2.25. The van der Waals surface area contributed by atoms with Crippen LogP contribution >= 0.6 is 0 Å². The molecule has 2 aromatic heterocycles. The lowest BCUT2D eigenvalue weighted by atomic mass is 9.86. The number of aromatic nitrogens is 3. The van der Waals surface area contributed by atoms with E-state index in [2.05, 4.69) is 66.6 Å². The Morgan fingerprint density at radius 2 is 1.60 bits per heavy atom. The van der Waals surface area contributed by atoms with Crippen molar-refractivity contribution in [1.82, 2.24) is 14.6 Å². The van der Waals surface area contributed by atoms with Gasteiger partial charge in [-0.15, -0.1) is 0 Å². The molecule has 3 nitrogen and oxygen atoms in total. The van der Waals surface area contributed by atoms with E-state index >= 15 is 0 Å². The van der Waals surface area contributed by atoms with Crippen LogP contribution in [0.25, 0.3) is 5.65 Å². The van der Waals surface area contributed by atoms with E-state index in [-0.39, 0.29) is 10.8 Å². The molecular weight excluding hydrogens is 246 g/mol. The van der Waals surface area contributed by atoms with Crippen LogP contribution in [0, 0.1) is 0 Å². The van der Waals surface area contributed by atoms with Crippen molar-refractivity contribution < 1.29 is 0 Å². The molecule has 3 heteroatoms. The lowest BCUT2D eigenvalue weighted by molar-refractivity contribution is 0.525. The van der Waals surface area contributed by atoms with Crippen molar-refractivity contribution in [3.63, 3.8) is 0 Å². The van der Waals surface area contributed by atoms with E-state index in [9.17, 15) is 0 Å². The second-order valence-corrected chi connectivity index (χ2v) is 8.02. The van der Waals surface area contributed by atoms with Crippen molar-refractivity contribution in [3.05, 3.63) is 29.2 Å². The summed E-state index contributed by atoms with van der Waals surface area (Å²) in [5.74, 6) is 0.433. The molecule has 2 aromatic rings. The van der Waals surface area contributed by atoms with Crippen LogP contribution in [0.1, 0.15) is 78.3 Å². The second-order valence-electron chi connectivity index (χ2n) is 8.02. The van der Waals surface area contributed by atoms with Gasteiger partial charge in [0.2, 0.25) is 0 Å². The van der Waals surface area contributed by atoms with E-state index in [1.54, 1.807) is 0 Å². The van der Waals surface area contributed by atoms with Crippen LogP contribution in [0.15, 0.2) is 12.3 Å².